The summed E-state index contributed by atoms with van der Waals surface area (Å²) >= 11 is 0. The lowest BCUT2D eigenvalue weighted by Gasteiger charge is -2.37. The van der Waals surface area contributed by atoms with Gasteiger partial charge < -0.3 is 28.8 Å². The molecule has 254 valence electrons. The van der Waals surface area contributed by atoms with Crippen molar-refractivity contribution in [3.05, 3.63) is 171 Å². The minimum absolute atomic E-state index is 0.0176. The summed E-state index contributed by atoms with van der Waals surface area (Å²) in [4.78, 5) is 27.3. The first-order chi connectivity index (χ1) is 24.0. The molecule has 1 fully saturated rings. The molecule has 0 amide bonds. The van der Waals surface area contributed by atoms with Crippen LogP contribution in [-0.4, -0.2) is 52.4 Å². The summed E-state index contributed by atoms with van der Waals surface area (Å²) in [6.07, 6.45) is -1.43. The third-order valence-corrected chi connectivity index (χ3v) is 8.65. The molecule has 0 spiro atoms. The first kappa shape index (κ1) is 34.0. The van der Waals surface area contributed by atoms with Crippen LogP contribution in [0, 0.1) is 0 Å². The first-order valence-electron chi connectivity index (χ1n) is 16.2. The average Bonchev–Trinajstić information content (AvgIpc) is 3.45. The molecule has 0 saturated carbocycles. The van der Waals surface area contributed by atoms with Crippen molar-refractivity contribution in [3.8, 4) is 5.75 Å². The van der Waals surface area contributed by atoms with Gasteiger partial charge in [-0.05, 0) is 34.4 Å². The van der Waals surface area contributed by atoms with Crippen LogP contribution in [0.25, 0.3) is 0 Å². The Kier molecular flexibility index (Phi) is 11.1. The van der Waals surface area contributed by atoms with Gasteiger partial charge in [0.2, 0.25) is 0 Å². The van der Waals surface area contributed by atoms with E-state index in [1.54, 1.807) is 31.4 Å². The second-order valence-corrected chi connectivity index (χ2v) is 11.9. The monoisotopic (exact) mass is 664 g/mol. The number of aliphatic hydroxyl groups excluding tert-OH is 1. The fourth-order valence-corrected chi connectivity index (χ4v) is 6.04. The van der Waals surface area contributed by atoms with Gasteiger partial charge in [-0.2, -0.15) is 0 Å². The van der Waals surface area contributed by atoms with E-state index < -0.39 is 41.9 Å². The normalized spacial score (nSPS) is 20.3. The highest BCUT2D eigenvalue weighted by atomic mass is 16.6. The fourth-order valence-electron chi connectivity index (χ4n) is 6.04. The highest BCUT2D eigenvalue weighted by molar-refractivity contribution is 5.27. The van der Waals surface area contributed by atoms with E-state index in [0.717, 1.165) is 26.8 Å². The summed E-state index contributed by atoms with van der Waals surface area (Å²) in [7, 11) is 1.57. The second-order valence-electron chi connectivity index (χ2n) is 11.9. The zero-order valence-corrected chi connectivity index (χ0v) is 27.3. The van der Waals surface area contributed by atoms with Gasteiger partial charge in [0.15, 0.2) is 11.8 Å². The van der Waals surface area contributed by atoms with E-state index in [0.29, 0.717) is 12.4 Å². The second kappa shape index (κ2) is 16.0. The van der Waals surface area contributed by atoms with Crippen molar-refractivity contribution in [1.29, 1.82) is 0 Å². The van der Waals surface area contributed by atoms with Crippen molar-refractivity contribution < 1.29 is 28.8 Å². The molecular weight excluding hydrogens is 624 g/mol. The molecule has 0 aliphatic carbocycles. The highest BCUT2D eigenvalue weighted by Gasteiger charge is 2.60. The topological polar surface area (TPSA) is 110 Å². The lowest BCUT2D eigenvalue weighted by molar-refractivity contribution is -0.192. The van der Waals surface area contributed by atoms with Crippen LogP contribution in [0.1, 0.15) is 28.5 Å². The molecule has 5 aromatic rings. The maximum absolute atomic E-state index is 14.2. The van der Waals surface area contributed by atoms with Crippen LogP contribution in [0.4, 0.5) is 0 Å². The summed E-state index contributed by atoms with van der Waals surface area (Å²) < 4.78 is 33.7. The summed E-state index contributed by atoms with van der Waals surface area (Å²) in [6.45, 7) is 0.165. The molecule has 10 nitrogen and oxygen atoms in total. The molecule has 2 heterocycles. The molecule has 4 aromatic carbocycles. The zero-order chi connectivity index (χ0) is 34.1. The van der Waals surface area contributed by atoms with Crippen molar-refractivity contribution in [3.63, 3.8) is 0 Å². The van der Waals surface area contributed by atoms with Crippen LogP contribution in [0.3, 0.4) is 0 Å². The number of methoxy groups -OCH3 is 1. The molecule has 1 N–H and O–H groups in total. The van der Waals surface area contributed by atoms with Crippen molar-refractivity contribution >= 4 is 0 Å². The number of aromatic nitrogens is 2. The molecule has 1 saturated heterocycles. The van der Waals surface area contributed by atoms with Crippen molar-refractivity contribution in [2.24, 2.45) is 0 Å². The minimum Gasteiger partial charge on any atom is -0.497 e. The van der Waals surface area contributed by atoms with E-state index in [2.05, 4.69) is 0 Å². The Balaban J connectivity index is 1.38. The quantitative estimate of drug-likeness (QED) is 0.171. The van der Waals surface area contributed by atoms with Crippen LogP contribution in [0.5, 0.6) is 5.75 Å². The smallest absolute Gasteiger partial charge is 0.333 e. The number of ether oxygens (including phenoxy) is 5. The zero-order valence-electron chi connectivity index (χ0n) is 27.3. The third kappa shape index (κ3) is 7.91. The van der Waals surface area contributed by atoms with E-state index in [4.69, 9.17) is 23.7 Å². The van der Waals surface area contributed by atoms with Gasteiger partial charge in [-0.25, -0.2) is 4.79 Å². The first-order valence-corrected chi connectivity index (χ1v) is 16.2. The van der Waals surface area contributed by atoms with Gasteiger partial charge in [-0.15, -0.1) is 0 Å². The van der Waals surface area contributed by atoms with Gasteiger partial charge in [0.1, 0.15) is 18.0 Å². The molecule has 4 atom stereocenters. The Morgan fingerprint density at radius 2 is 1.33 bits per heavy atom. The highest BCUT2D eigenvalue weighted by Crippen LogP contribution is 2.43. The lowest BCUT2D eigenvalue weighted by Crippen LogP contribution is -2.55. The van der Waals surface area contributed by atoms with Crippen LogP contribution in [0.15, 0.2) is 137 Å². The van der Waals surface area contributed by atoms with E-state index in [1.807, 2.05) is 91.0 Å². The summed E-state index contributed by atoms with van der Waals surface area (Å²) in [5.41, 5.74) is 0.810. The Hall–Kier alpha value is -4.84. The third-order valence-electron chi connectivity index (χ3n) is 8.65. The van der Waals surface area contributed by atoms with E-state index in [9.17, 15) is 14.7 Å². The standard InChI is InChI=1S/C39H40N2O8/c1-45-33-19-17-29(18-20-33)23-41-35(43)21-22-40(38(41)44)37-39(28-42,48-26-32-15-9-4-10-16-32)36(47-25-31-13-7-3-8-14-31)34(49-37)27-46-24-30-11-5-2-6-12-30/h2-22,34,36-37,42H,23-28H2,1H3/t34-,36-,37-,39-/m1/s1. The SMILES string of the molecule is COc1ccc(Cn2c(=O)ccn([C@@H]3O[C@H](COCc4ccccc4)[C@@H](OCc4ccccc4)[C@@]3(CO)OCc3ccccc3)c2=O)cc1. The summed E-state index contributed by atoms with van der Waals surface area (Å²) in [5.74, 6) is 0.659. The number of benzene rings is 4. The summed E-state index contributed by atoms with van der Waals surface area (Å²) in [6, 6.07) is 37.4. The van der Waals surface area contributed by atoms with Gasteiger partial charge >= 0.3 is 5.69 Å². The molecule has 0 bridgehead atoms. The van der Waals surface area contributed by atoms with Gasteiger partial charge in [-0.1, -0.05) is 103 Å². The Morgan fingerprint density at radius 3 is 1.92 bits per heavy atom. The van der Waals surface area contributed by atoms with Crippen LogP contribution < -0.4 is 16.0 Å². The van der Waals surface area contributed by atoms with Crippen molar-refractivity contribution in [1.82, 2.24) is 9.13 Å². The predicted molar refractivity (Wildman–Crippen MR) is 183 cm³/mol. The maximum atomic E-state index is 14.2. The van der Waals surface area contributed by atoms with E-state index in [1.165, 1.54) is 16.8 Å². The summed E-state index contributed by atoms with van der Waals surface area (Å²) in [5, 5.41) is 11.3. The van der Waals surface area contributed by atoms with Crippen LogP contribution in [-0.2, 0) is 45.3 Å². The number of rotatable bonds is 15. The molecule has 0 radical (unpaired) electrons. The Labute approximate surface area is 284 Å². The van der Waals surface area contributed by atoms with Gasteiger partial charge in [-0.3, -0.25) is 13.9 Å². The molecule has 10 heteroatoms. The van der Waals surface area contributed by atoms with Crippen LogP contribution >= 0.6 is 0 Å². The molecule has 49 heavy (non-hydrogen) atoms. The van der Waals surface area contributed by atoms with E-state index in [-0.39, 0.29) is 26.4 Å². The Bertz CT molecular complexity index is 1880. The molecule has 6 rings (SSSR count). The lowest BCUT2D eigenvalue weighted by atomic mass is 9.93. The van der Waals surface area contributed by atoms with Crippen molar-refractivity contribution in [2.45, 2.75) is 50.4 Å². The molecule has 1 aliphatic rings. The molecule has 1 aliphatic heterocycles. The number of hydrogen-bond acceptors (Lipinski definition) is 8. The van der Waals surface area contributed by atoms with E-state index >= 15 is 0 Å². The van der Waals surface area contributed by atoms with Gasteiger partial charge in [0.05, 0.1) is 46.7 Å². The number of nitrogens with zero attached hydrogens (tertiary/aromatic N) is 2. The van der Waals surface area contributed by atoms with Gasteiger partial charge in [0, 0.05) is 12.3 Å². The predicted octanol–water partition coefficient (Wildman–Crippen LogP) is 4.71. The molecular formula is C39H40N2O8. The van der Waals surface area contributed by atoms with Crippen LogP contribution in [0.2, 0.25) is 0 Å². The van der Waals surface area contributed by atoms with Gasteiger partial charge in [0.25, 0.3) is 5.56 Å². The maximum Gasteiger partial charge on any atom is 0.333 e. The van der Waals surface area contributed by atoms with Crippen molar-refractivity contribution in [2.75, 3.05) is 20.3 Å². The number of hydrogen-bond donors (Lipinski definition) is 1. The minimum atomic E-state index is -1.57. The average molecular weight is 665 g/mol. The Morgan fingerprint density at radius 1 is 0.735 bits per heavy atom. The molecule has 0 unspecified atom stereocenters. The molecule has 1 aromatic heterocycles. The largest absolute Gasteiger partial charge is 0.497 e. The fraction of sp³-hybridized carbons (Fsp3) is 0.282. The number of aliphatic hydroxyl groups is 1.